The molecule has 0 bridgehead atoms. The molecule has 3 aromatic rings. The molecule has 0 saturated heterocycles. The van der Waals surface area contributed by atoms with Crippen LogP contribution < -0.4 is 24.3 Å². The van der Waals surface area contributed by atoms with Gasteiger partial charge >= 0.3 is 11.9 Å². The molecule has 1 aliphatic rings. The molecule has 228 valence electrons. The van der Waals surface area contributed by atoms with E-state index < -0.39 is 11.9 Å². The van der Waals surface area contributed by atoms with Crippen molar-refractivity contribution in [3.8, 4) is 23.0 Å². The number of ether oxygens (including phenoxy) is 4. The van der Waals surface area contributed by atoms with Crippen molar-refractivity contribution in [2.24, 2.45) is 5.92 Å². The lowest BCUT2D eigenvalue weighted by Crippen LogP contribution is -2.19. The minimum Gasteiger partial charge on any atom is -0.495 e. The second kappa shape index (κ2) is 14.9. The van der Waals surface area contributed by atoms with Crippen molar-refractivity contribution in [1.29, 1.82) is 0 Å². The van der Waals surface area contributed by atoms with E-state index in [2.05, 4.69) is 5.32 Å². The third-order valence-electron chi connectivity index (χ3n) is 7.13. The summed E-state index contributed by atoms with van der Waals surface area (Å²) in [5.74, 6) is 0.584. The first-order chi connectivity index (χ1) is 20.8. The van der Waals surface area contributed by atoms with Crippen molar-refractivity contribution in [3.63, 3.8) is 0 Å². The average Bonchev–Trinajstić information content (AvgIpc) is 3.83. The van der Waals surface area contributed by atoms with Gasteiger partial charge in [-0.05, 0) is 73.6 Å². The van der Waals surface area contributed by atoms with Gasteiger partial charge in [0.2, 0.25) is 0 Å². The molecule has 4 rings (SSSR count). The van der Waals surface area contributed by atoms with Gasteiger partial charge in [-0.25, -0.2) is 4.79 Å². The maximum atomic E-state index is 12.4. The molecule has 0 heterocycles. The van der Waals surface area contributed by atoms with Gasteiger partial charge in [-0.3, -0.25) is 9.59 Å². The number of aromatic carboxylic acids is 1. The minimum absolute atomic E-state index is 0.105. The van der Waals surface area contributed by atoms with Crippen LogP contribution in [0, 0.1) is 5.92 Å². The van der Waals surface area contributed by atoms with Crippen molar-refractivity contribution in [2.75, 3.05) is 27.4 Å². The van der Waals surface area contributed by atoms with Crippen LogP contribution in [0.25, 0.3) is 0 Å². The first kappa shape index (κ1) is 31.2. The van der Waals surface area contributed by atoms with E-state index in [1.807, 2.05) is 6.07 Å². The number of aliphatic carboxylic acids is 1. The Morgan fingerprint density at radius 3 is 2.19 bits per heavy atom. The number of rotatable bonds is 17. The lowest BCUT2D eigenvalue weighted by Gasteiger charge is -2.18. The molecule has 3 aromatic carbocycles. The Balaban J connectivity index is 1.40. The molecule has 1 amide bonds. The summed E-state index contributed by atoms with van der Waals surface area (Å²) < 4.78 is 23.8. The number of carboxylic acids is 2. The lowest BCUT2D eigenvalue weighted by molar-refractivity contribution is -0.136. The molecule has 1 saturated carbocycles. The van der Waals surface area contributed by atoms with Crippen LogP contribution in [-0.4, -0.2) is 55.4 Å². The summed E-state index contributed by atoms with van der Waals surface area (Å²) in [5.41, 5.74) is 2.82. The maximum absolute atomic E-state index is 12.4. The van der Waals surface area contributed by atoms with Crippen LogP contribution in [-0.2, 0) is 24.2 Å². The number of methoxy groups -OCH3 is 1. The third kappa shape index (κ3) is 8.64. The predicted molar refractivity (Wildman–Crippen MR) is 159 cm³/mol. The zero-order valence-electron chi connectivity index (χ0n) is 24.4. The normalized spacial score (nSPS) is 12.3. The number of amides is 1. The smallest absolute Gasteiger partial charge is 0.335 e. The molecule has 0 radical (unpaired) electrons. The number of carboxylic acid groups (broad SMARTS) is 2. The molecular weight excluding hydrogens is 554 g/mol. The predicted octanol–water partition coefficient (Wildman–Crippen LogP) is 5.15. The fourth-order valence-electron chi connectivity index (χ4n) is 4.77. The maximum Gasteiger partial charge on any atom is 0.335 e. The van der Waals surface area contributed by atoms with Gasteiger partial charge in [0.15, 0.2) is 0 Å². The first-order valence-electron chi connectivity index (χ1n) is 14.3. The molecule has 43 heavy (non-hydrogen) atoms. The fraction of sp³-hybridized carbons (Fsp3) is 0.364. The Morgan fingerprint density at radius 1 is 0.884 bits per heavy atom. The van der Waals surface area contributed by atoms with E-state index in [9.17, 15) is 24.6 Å². The molecule has 0 aliphatic heterocycles. The summed E-state index contributed by atoms with van der Waals surface area (Å²) in [7, 11) is 3.14. The number of nitrogens with one attached hydrogen (secondary N) is 1. The highest BCUT2D eigenvalue weighted by Gasteiger charge is 2.27. The van der Waals surface area contributed by atoms with Crippen LogP contribution >= 0.6 is 0 Å². The quantitative estimate of drug-likeness (QED) is 0.182. The average molecular weight is 592 g/mol. The van der Waals surface area contributed by atoms with Crippen LogP contribution in [0.1, 0.15) is 63.1 Å². The SMILES string of the molecule is CNC(=O)c1ccc(OCCCOc2cccc(OCc3cccc(C(=O)O)c3)c2CCC(=O)O)c(CC2CC2)c1OC. The number of hydrogen-bond acceptors (Lipinski definition) is 7. The van der Waals surface area contributed by atoms with E-state index in [1.54, 1.807) is 50.6 Å². The standard InChI is InChI=1S/C33H37NO9/c1-34-32(37)25-12-14-29(26(31(25)40-2)19-21-10-11-21)42-17-5-16-41-27-8-4-9-28(24(27)13-15-30(35)36)43-20-22-6-3-7-23(18-22)33(38)39/h3-4,6-9,12,14,18,21H,5,10-11,13,15-17,19-20H2,1-2H3,(H,34,37)(H,35,36)(H,38,39). The van der Waals surface area contributed by atoms with E-state index in [1.165, 1.54) is 12.1 Å². The van der Waals surface area contributed by atoms with E-state index in [0.29, 0.717) is 65.2 Å². The summed E-state index contributed by atoms with van der Waals surface area (Å²) >= 11 is 0. The van der Waals surface area contributed by atoms with Gasteiger partial charge in [-0.15, -0.1) is 0 Å². The molecule has 3 N–H and O–H groups in total. The molecule has 1 aliphatic carbocycles. The highest BCUT2D eigenvalue weighted by atomic mass is 16.5. The summed E-state index contributed by atoms with van der Waals surface area (Å²) in [5, 5.41) is 21.2. The largest absolute Gasteiger partial charge is 0.495 e. The monoisotopic (exact) mass is 591 g/mol. The van der Waals surface area contributed by atoms with Gasteiger partial charge in [0.25, 0.3) is 5.91 Å². The van der Waals surface area contributed by atoms with Crippen molar-refractivity contribution in [1.82, 2.24) is 5.32 Å². The topological polar surface area (TPSA) is 141 Å². The summed E-state index contributed by atoms with van der Waals surface area (Å²) in [6.45, 7) is 0.792. The Bertz CT molecular complexity index is 1450. The second-order valence-electron chi connectivity index (χ2n) is 10.3. The van der Waals surface area contributed by atoms with Crippen molar-refractivity contribution in [3.05, 3.63) is 82.4 Å². The zero-order valence-corrected chi connectivity index (χ0v) is 24.4. The van der Waals surface area contributed by atoms with E-state index in [0.717, 1.165) is 24.8 Å². The van der Waals surface area contributed by atoms with Gasteiger partial charge in [-0.2, -0.15) is 0 Å². The molecule has 0 spiro atoms. The van der Waals surface area contributed by atoms with Gasteiger partial charge in [-0.1, -0.05) is 18.2 Å². The molecule has 0 aromatic heterocycles. The van der Waals surface area contributed by atoms with Crippen LogP contribution in [0.2, 0.25) is 0 Å². The second-order valence-corrected chi connectivity index (χ2v) is 10.3. The first-order valence-corrected chi connectivity index (χ1v) is 14.3. The van der Waals surface area contributed by atoms with Crippen LogP contribution in [0.5, 0.6) is 23.0 Å². The lowest BCUT2D eigenvalue weighted by atomic mass is 10.0. The molecule has 0 atom stereocenters. The highest BCUT2D eigenvalue weighted by Crippen LogP contribution is 2.41. The Hall–Kier alpha value is -4.73. The summed E-state index contributed by atoms with van der Waals surface area (Å²) in [6.07, 6.45) is 3.71. The van der Waals surface area contributed by atoms with E-state index in [-0.39, 0.29) is 30.9 Å². The third-order valence-corrected chi connectivity index (χ3v) is 7.13. The summed E-state index contributed by atoms with van der Waals surface area (Å²) in [4.78, 5) is 35.0. The van der Waals surface area contributed by atoms with Gasteiger partial charge in [0.1, 0.15) is 29.6 Å². The Labute approximate surface area is 250 Å². The molecule has 1 fully saturated rings. The minimum atomic E-state index is -1.03. The number of benzene rings is 3. The van der Waals surface area contributed by atoms with E-state index in [4.69, 9.17) is 18.9 Å². The number of carbonyl (C=O) groups is 3. The Morgan fingerprint density at radius 2 is 1.56 bits per heavy atom. The van der Waals surface area contributed by atoms with Gasteiger partial charge in [0, 0.05) is 31.0 Å². The van der Waals surface area contributed by atoms with Crippen LogP contribution in [0.3, 0.4) is 0 Å². The molecular formula is C33H37NO9. The van der Waals surface area contributed by atoms with Crippen molar-refractivity contribution < 1.29 is 43.5 Å². The molecule has 10 heteroatoms. The van der Waals surface area contributed by atoms with Gasteiger partial charge < -0.3 is 34.5 Å². The summed E-state index contributed by atoms with van der Waals surface area (Å²) in [6, 6.07) is 15.3. The van der Waals surface area contributed by atoms with Crippen molar-refractivity contribution in [2.45, 2.75) is 45.1 Å². The van der Waals surface area contributed by atoms with Gasteiger partial charge in [0.05, 0.1) is 31.5 Å². The number of hydrogen-bond donors (Lipinski definition) is 3. The zero-order chi connectivity index (χ0) is 30.8. The highest BCUT2D eigenvalue weighted by molar-refractivity contribution is 5.97. The van der Waals surface area contributed by atoms with E-state index >= 15 is 0 Å². The number of carbonyl (C=O) groups excluding carboxylic acids is 1. The fourth-order valence-corrected chi connectivity index (χ4v) is 4.77. The Kier molecular flexibility index (Phi) is 10.9. The van der Waals surface area contributed by atoms with Crippen LogP contribution in [0.4, 0.5) is 0 Å². The molecule has 10 nitrogen and oxygen atoms in total. The van der Waals surface area contributed by atoms with Crippen LogP contribution in [0.15, 0.2) is 54.6 Å². The molecule has 0 unspecified atom stereocenters. The van der Waals surface area contributed by atoms with Crippen molar-refractivity contribution >= 4 is 17.8 Å².